The van der Waals surface area contributed by atoms with Crippen molar-refractivity contribution < 1.29 is 13.9 Å². The van der Waals surface area contributed by atoms with Gasteiger partial charge in [0.2, 0.25) is 0 Å². The Bertz CT molecular complexity index is 1200. The number of amides is 1. The predicted molar refractivity (Wildman–Crippen MR) is 121 cm³/mol. The normalized spacial score (nSPS) is 21.1. The predicted octanol–water partition coefficient (Wildman–Crippen LogP) is 3.11. The van der Waals surface area contributed by atoms with Crippen LogP contribution in [0.3, 0.4) is 0 Å². The highest BCUT2D eigenvalue weighted by Gasteiger charge is 2.45. The van der Waals surface area contributed by atoms with Crippen LogP contribution in [0.5, 0.6) is 5.75 Å². The molecule has 3 aliphatic rings. The summed E-state index contributed by atoms with van der Waals surface area (Å²) in [7, 11) is 0. The molecule has 6 rings (SSSR count). The summed E-state index contributed by atoms with van der Waals surface area (Å²) in [6.07, 6.45) is 4.73. The minimum absolute atomic E-state index is 0.149. The van der Waals surface area contributed by atoms with Gasteiger partial charge in [-0.05, 0) is 50.9 Å². The van der Waals surface area contributed by atoms with Crippen LogP contribution in [0, 0.1) is 5.41 Å². The largest absolute Gasteiger partial charge is 0.476 e. The molecule has 0 atom stereocenters. The van der Waals surface area contributed by atoms with E-state index in [4.69, 9.17) is 19.1 Å². The lowest BCUT2D eigenvalue weighted by Crippen LogP contribution is -2.62. The molecule has 0 saturated carbocycles. The number of rotatable bonds is 3. The highest BCUT2D eigenvalue weighted by molar-refractivity contribution is 6.00. The van der Waals surface area contributed by atoms with Gasteiger partial charge < -0.3 is 24.7 Å². The first-order valence-corrected chi connectivity index (χ1v) is 11.2. The fourth-order valence-corrected chi connectivity index (χ4v) is 5.05. The molecule has 3 aromatic rings. The Balaban J connectivity index is 1.27. The molecule has 2 N–H and O–H groups in total. The first-order valence-electron chi connectivity index (χ1n) is 11.2. The van der Waals surface area contributed by atoms with E-state index >= 15 is 0 Å². The van der Waals surface area contributed by atoms with Gasteiger partial charge in [-0.25, -0.2) is 9.97 Å². The third-order valence-electron chi connectivity index (χ3n) is 6.81. The topological polar surface area (TPSA) is 92.5 Å². The van der Waals surface area contributed by atoms with E-state index in [9.17, 15) is 4.79 Å². The van der Waals surface area contributed by atoms with Crippen molar-refractivity contribution >= 4 is 28.5 Å². The van der Waals surface area contributed by atoms with Gasteiger partial charge in [-0.3, -0.25) is 4.79 Å². The third-order valence-corrected chi connectivity index (χ3v) is 6.81. The van der Waals surface area contributed by atoms with Crippen molar-refractivity contribution in [2.24, 2.45) is 5.41 Å². The highest BCUT2D eigenvalue weighted by Crippen LogP contribution is 2.41. The summed E-state index contributed by atoms with van der Waals surface area (Å²) in [5, 5.41) is 6.48. The molecular weight excluding hydrogens is 406 g/mol. The van der Waals surface area contributed by atoms with Crippen LogP contribution >= 0.6 is 0 Å². The first-order chi connectivity index (χ1) is 15.4. The molecule has 0 radical (unpaired) electrons. The Kier molecular flexibility index (Phi) is 4.24. The number of carbonyl (C=O) groups is 1. The van der Waals surface area contributed by atoms with E-state index in [1.807, 2.05) is 24.3 Å². The average molecular weight is 434 g/mol. The monoisotopic (exact) mass is 433 g/mol. The maximum atomic E-state index is 12.3. The van der Waals surface area contributed by atoms with E-state index in [1.54, 1.807) is 20.1 Å². The molecule has 2 aromatic heterocycles. The van der Waals surface area contributed by atoms with Gasteiger partial charge in [0.1, 0.15) is 17.1 Å². The van der Waals surface area contributed by atoms with Crippen LogP contribution in [-0.4, -0.2) is 47.7 Å². The van der Waals surface area contributed by atoms with Crippen LogP contribution in [0.15, 0.2) is 34.9 Å². The van der Waals surface area contributed by atoms with Gasteiger partial charge in [0.05, 0.1) is 12.0 Å². The lowest BCUT2D eigenvalue weighted by Gasteiger charge is -2.52. The maximum Gasteiger partial charge on any atom is 0.268 e. The second kappa shape index (κ2) is 6.93. The molecule has 1 spiro atoms. The summed E-state index contributed by atoms with van der Waals surface area (Å²) in [6, 6.07) is 7.74. The van der Waals surface area contributed by atoms with Crippen LogP contribution in [0.25, 0.3) is 11.1 Å². The summed E-state index contributed by atoms with van der Waals surface area (Å²) in [6.45, 7) is 7.69. The smallest absolute Gasteiger partial charge is 0.268 e. The van der Waals surface area contributed by atoms with Gasteiger partial charge in [0.25, 0.3) is 5.91 Å². The molecule has 0 aliphatic carbocycles. The number of furan rings is 1. The number of aromatic nitrogens is 2. The van der Waals surface area contributed by atoms with Crippen LogP contribution in [0.2, 0.25) is 0 Å². The van der Waals surface area contributed by atoms with Gasteiger partial charge in [-0.2, -0.15) is 0 Å². The number of anilines is 2. The number of nitrogens with zero attached hydrogens (tertiary/aromatic N) is 3. The number of benzene rings is 1. The van der Waals surface area contributed by atoms with Crippen molar-refractivity contribution in [3.8, 4) is 5.75 Å². The van der Waals surface area contributed by atoms with E-state index in [0.717, 1.165) is 54.5 Å². The number of carbonyl (C=O) groups excluding carboxylic acids is 1. The van der Waals surface area contributed by atoms with Crippen molar-refractivity contribution in [1.29, 1.82) is 0 Å². The Labute approximate surface area is 186 Å². The van der Waals surface area contributed by atoms with E-state index in [2.05, 4.69) is 15.5 Å². The molecule has 32 heavy (non-hydrogen) atoms. The summed E-state index contributed by atoms with van der Waals surface area (Å²) < 4.78 is 11.6. The molecular formula is C24H27N5O3. The van der Waals surface area contributed by atoms with Crippen LogP contribution in [0.1, 0.15) is 38.1 Å². The van der Waals surface area contributed by atoms with E-state index < -0.39 is 5.60 Å². The van der Waals surface area contributed by atoms with Gasteiger partial charge in [-0.15, -0.1) is 0 Å². The zero-order valence-electron chi connectivity index (χ0n) is 18.4. The zero-order valence-corrected chi connectivity index (χ0v) is 18.4. The third kappa shape index (κ3) is 3.21. The number of hydrogen-bond donors (Lipinski definition) is 2. The Hall–Kier alpha value is -3.13. The summed E-state index contributed by atoms with van der Waals surface area (Å²) in [5.74, 6) is 2.14. The second-order valence-corrected chi connectivity index (χ2v) is 9.81. The van der Waals surface area contributed by atoms with Crippen molar-refractivity contribution in [3.05, 3.63) is 41.9 Å². The number of nitrogens with one attached hydrogen (secondary N) is 2. The molecule has 5 heterocycles. The van der Waals surface area contributed by atoms with Crippen molar-refractivity contribution in [2.75, 3.05) is 36.4 Å². The molecule has 2 fully saturated rings. The van der Waals surface area contributed by atoms with Crippen LogP contribution < -0.4 is 20.3 Å². The fraction of sp³-hybridized carbons (Fsp3) is 0.458. The van der Waals surface area contributed by atoms with E-state index in [-0.39, 0.29) is 5.91 Å². The number of hydrogen-bond acceptors (Lipinski definition) is 7. The van der Waals surface area contributed by atoms with Crippen molar-refractivity contribution in [3.63, 3.8) is 0 Å². The molecule has 3 aliphatic heterocycles. The van der Waals surface area contributed by atoms with Gasteiger partial charge in [0, 0.05) is 37.5 Å². The fourth-order valence-electron chi connectivity index (χ4n) is 5.05. The zero-order chi connectivity index (χ0) is 21.9. The molecule has 2 saturated heterocycles. The Morgan fingerprint density at radius 1 is 1.19 bits per heavy atom. The lowest BCUT2D eigenvalue weighted by molar-refractivity contribution is -0.129. The molecule has 0 bridgehead atoms. The Morgan fingerprint density at radius 2 is 2.06 bits per heavy atom. The van der Waals surface area contributed by atoms with Gasteiger partial charge >= 0.3 is 0 Å². The second-order valence-electron chi connectivity index (χ2n) is 9.81. The standard InChI is InChI=1S/C24H27N5O3/c1-23(2)22(30)27-17-10-15(4-5-18(17)32-23)11-19-26-16-6-9-31-20(16)21(28-19)29-13-24(14-29)7-3-8-25-12-24/h4-6,9-10,25H,3,7-8,11-14H2,1-2H3,(H,27,30). The number of fused-ring (bicyclic) bond motifs is 2. The number of piperidine rings is 1. The molecule has 166 valence electrons. The Morgan fingerprint density at radius 3 is 2.88 bits per heavy atom. The van der Waals surface area contributed by atoms with Crippen molar-refractivity contribution in [2.45, 2.75) is 38.7 Å². The molecule has 1 aromatic carbocycles. The molecule has 8 heteroatoms. The van der Waals surface area contributed by atoms with E-state index in [0.29, 0.717) is 23.3 Å². The maximum absolute atomic E-state index is 12.3. The molecule has 0 unspecified atom stereocenters. The van der Waals surface area contributed by atoms with Crippen LogP contribution in [0.4, 0.5) is 11.5 Å². The minimum Gasteiger partial charge on any atom is -0.476 e. The van der Waals surface area contributed by atoms with Gasteiger partial charge in [0.15, 0.2) is 17.0 Å². The quantitative estimate of drug-likeness (QED) is 0.656. The summed E-state index contributed by atoms with van der Waals surface area (Å²) in [5.41, 5.74) is 2.75. The van der Waals surface area contributed by atoms with Crippen LogP contribution in [-0.2, 0) is 11.2 Å². The first kappa shape index (κ1) is 19.5. The highest BCUT2D eigenvalue weighted by atomic mass is 16.5. The van der Waals surface area contributed by atoms with Crippen molar-refractivity contribution in [1.82, 2.24) is 15.3 Å². The molecule has 1 amide bonds. The van der Waals surface area contributed by atoms with E-state index in [1.165, 1.54) is 12.8 Å². The summed E-state index contributed by atoms with van der Waals surface area (Å²) >= 11 is 0. The average Bonchev–Trinajstić information content (AvgIpc) is 3.22. The number of ether oxygens (including phenoxy) is 1. The lowest BCUT2D eigenvalue weighted by atomic mass is 9.74. The molecule has 8 nitrogen and oxygen atoms in total. The van der Waals surface area contributed by atoms with Gasteiger partial charge in [-0.1, -0.05) is 6.07 Å². The SMILES string of the molecule is CC1(C)Oc2ccc(Cc3nc(N4CC5(CCCNC5)C4)c4occc4n3)cc2NC1=O. The minimum atomic E-state index is -0.874. The summed E-state index contributed by atoms with van der Waals surface area (Å²) in [4.78, 5) is 24.2.